The molecule has 2 aromatic heterocycles. The highest BCUT2D eigenvalue weighted by Crippen LogP contribution is 2.15. The Balaban J connectivity index is 1.81. The van der Waals surface area contributed by atoms with Gasteiger partial charge in [0, 0.05) is 22.7 Å². The van der Waals surface area contributed by atoms with E-state index in [1.165, 1.54) is 0 Å². The summed E-state index contributed by atoms with van der Waals surface area (Å²) in [6.07, 6.45) is 4.59. The zero-order valence-corrected chi connectivity index (χ0v) is 9.79. The Morgan fingerprint density at radius 3 is 3.11 bits per heavy atom. The van der Waals surface area contributed by atoms with Gasteiger partial charge >= 0.3 is 0 Å². The van der Waals surface area contributed by atoms with Crippen LogP contribution < -0.4 is 11.0 Å². The number of nitrogens with one attached hydrogen (secondary N) is 3. The maximum atomic E-state index is 11.0. The number of hydrazone groups is 1. The molecule has 0 radical (unpaired) electrons. The van der Waals surface area contributed by atoms with Gasteiger partial charge in [-0.3, -0.25) is 9.78 Å². The summed E-state index contributed by atoms with van der Waals surface area (Å²) in [7, 11) is 0. The summed E-state index contributed by atoms with van der Waals surface area (Å²) in [4.78, 5) is 16.6. The van der Waals surface area contributed by atoms with Crippen molar-refractivity contribution in [3.8, 4) is 0 Å². The van der Waals surface area contributed by atoms with Crippen molar-refractivity contribution in [2.75, 3.05) is 5.43 Å². The van der Waals surface area contributed by atoms with Crippen LogP contribution in [0.3, 0.4) is 0 Å². The maximum Gasteiger partial charge on any atom is 0.271 e. The van der Waals surface area contributed by atoms with E-state index < -0.39 is 0 Å². The number of para-hydroxylation sites is 1. The van der Waals surface area contributed by atoms with E-state index in [1.807, 2.05) is 30.5 Å². The molecule has 0 aliphatic heterocycles. The molecule has 0 saturated carbocycles. The molecular formula is C12H10N6O. The molecule has 94 valence electrons. The minimum atomic E-state index is -0.334. The fraction of sp³-hybridized carbons (Fsp3) is 0. The smallest absolute Gasteiger partial charge is 0.271 e. The largest absolute Gasteiger partial charge is 0.361 e. The van der Waals surface area contributed by atoms with Crippen molar-refractivity contribution in [2.24, 2.45) is 5.10 Å². The number of benzene rings is 1. The highest BCUT2D eigenvalue weighted by atomic mass is 16.1. The number of hydrogen-bond acceptors (Lipinski definition) is 5. The lowest BCUT2D eigenvalue weighted by Gasteiger charge is -1.95. The predicted molar refractivity (Wildman–Crippen MR) is 72.2 cm³/mol. The first-order valence-corrected chi connectivity index (χ1v) is 5.60. The summed E-state index contributed by atoms with van der Waals surface area (Å²) in [5.74, 6) is 0.198. The van der Waals surface area contributed by atoms with Crippen molar-refractivity contribution in [1.82, 2.24) is 20.2 Å². The number of nitrogens with zero attached hydrogens (tertiary/aromatic N) is 3. The number of anilines is 1. The van der Waals surface area contributed by atoms with Gasteiger partial charge in [-0.2, -0.15) is 5.10 Å². The van der Waals surface area contributed by atoms with E-state index in [0.717, 1.165) is 22.7 Å². The molecule has 3 rings (SSSR count). The first kappa shape index (κ1) is 11.1. The van der Waals surface area contributed by atoms with Gasteiger partial charge in [0.2, 0.25) is 5.95 Å². The highest BCUT2D eigenvalue weighted by molar-refractivity contribution is 5.99. The molecule has 7 heteroatoms. The molecule has 0 spiro atoms. The van der Waals surface area contributed by atoms with Gasteiger partial charge < -0.3 is 4.98 Å². The lowest BCUT2D eigenvalue weighted by Crippen LogP contribution is -2.10. The fourth-order valence-electron chi connectivity index (χ4n) is 1.73. The van der Waals surface area contributed by atoms with Crippen LogP contribution in [0.2, 0.25) is 0 Å². The zero-order valence-electron chi connectivity index (χ0n) is 9.79. The van der Waals surface area contributed by atoms with Crippen molar-refractivity contribution < 1.29 is 0 Å². The van der Waals surface area contributed by atoms with Crippen LogP contribution in [0.15, 0.2) is 46.6 Å². The Bertz CT molecular complexity index is 788. The molecule has 7 nitrogen and oxygen atoms in total. The molecule has 1 aromatic carbocycles. The summed E-state index contributed by atoms with van der Waals surface area (Å²) in [6, 6.07) is 7.90. The van der Waals surface area contributed by atoms with Gasteiger partial charge in [0.05, 0.1) is 6.21 Å². The average molecular weight is 254 g/mol. The normalized spacial score (nSPS) is 11.2. The lowest BCUT2D eigenvalue weighted by atomic mass is 10.2. The minimum absolute atomic E-state index is 0.198. The van der Waals surface area contributed by atoms with Crippen LogP contribution >= 0.6 is 0 Å². The Labute approximate surface area is 107 Å². The van der Waals surface area contributed by atoms with Gasteiger partial charge in [-0.15, -0.1) is 10.2 Å². The first-order valence-electron chi connectivity index (χ1n) is 5.60. The molecule has 3 aromatic rings. The summed E-state index contributed by atoms with van der Waals surface area (Å²) < 4.78 is 0. The predicted octanol–water partition coefficient (Wildman–Crippen LogP) is 1.09. The lowest BCUT2D eigenvalue weighted by molar-refractivity contribution is 0.939. The van der Waals surface area contributed by atoms with Crippen LogP contribution in [0.1, 0.15) is 5.56 Å². The van der Waals surface area contributed by atoms with Crippen LogP contribution in [-0.2, 0) is 0 Å². The molecule has 0 aliphatic rings. The third kappa shape index (κ3) is 2.34. The van der Waals surface area contributed by atoms with E-state index in [9.17, 15) is 4.79 Å². The van der Waals surface area contributed by atoms with Crippen LogP contribution in [0.25, 0.3) is 10.9 Å². The van der Waals surface area contributed by atoms with E-state index in [1.54, 1.807) is 6.21 Å². The monoisotopic (exact) mass is 254 g/mol. The van der Waals surface area contributed by atoms with E-state index in [2.05, 4.69) is 30.7 Å². The molecule has 0 saturated heterocycles. The molecule has 0 fully saturated rings. The molecule has 0 unspecified atom stereocenters. The van der Waals surface area contributed by atoms with Gasteiger partial charge in [-0.25, -0.2) is 5.43 Å². The second kappa shape index (κ2) is 4.73. The summed E-state index contributed by atoms with van der Waals surface area (Å²) >= 11 is 0. The van der Waals surface area contributed by atoms with Crippen LogP contribution in [0, 0.1) is 0 Å². The van der Waals surface area contributed by atoms with Crippen molar-refractivity contribution in [2.45, 2.75) is 0 Å². The molecule has 0 bridgehead atoms. The Morgan fingerprint density at radius 1 is 1.32 bits per heavy atom. The molecular weight excluding hydrogens is 244 g/mol. The number of aromatic nitrogens is 4. The van der Waals surface area contributed by atoms with E-state index in [0.29, 0.717) is 0 Å². The second-order valence-electron chi connectivity index (χ2n) is 3.84. The summed E-state index contributed by atoms with van der Waals surface area (Å²) in [5.41, 5.74) is 4.26. The number of fused-ring (bicyclic) bond motifs is 1. The average Bonchev–Trinajstić information content (AvgIpc) is 2.83. The van der Waals surface area contributed by atoms with Crippen molar-refractivity contribution >= 4 is 23.1 Å². The molecule has 2 heterocycles. The van der Waals surface area contributed by atoms with Crippen LogP contribution in [-0.4, -0.2) is 26.4 Å². The van der Waals surface area contributed by atoms with E-state index >= 15 is 0 Å². The third-order valence-corrected chi connectivity index (χ3v) is 2.57. The molecule has 19 heavy (non-hydrogen) atoms. The van der Waals surface area contributed by atoms with Crippen molar-refractivity contribution in [3.63, 3.8) is 0 Å². The van der Waals surface area contributed by atoms with Crippen molar-refractivity contribution in [1.29, 1.82) is 0 Å². The first-order chi connectivity index (χ1) is 9.33. The number of hydrogen-bond donors (Lipinski definition) is 3. The highest BCUT2D eigenvalue weighted by Gasteiger charge is 1.99. The van der Waals surface area contributed by atoms with Crippen LogP contribution in [0.5, 0.6) is 0 Å². The third-order valence-electron chi connectivity index (χ3n) is 2.57. The number of H-pyrrole nitrogens is 2. The van der Waals surface area contributed by atoms with E-state index in [4.69, 9.17) is 0 Å². The number of rotatable bonds is 3. The maximum absolute atomic E-state index is 11.0. The number of aromatic amines is 2. The molecule has 0 atom stereocenters. The minimum Gasteiger partial charge on any atom is -0.361 e. The summed E-state index contributed by atoms with van der Waals surface area (Å²) in [6.45, 7) is 0. The Hall–Kier alpha value is -2.96. The van der Waals surface area contributed by atoms with Gasteiger partial charge in [-0.05, 0) is 6.07 Å². The quantitative estimate of drug-likeness (QED) is 0.481. The molecule has 0 amide bonds. The fourth-order valence-corrected chi connectivity index (χ4v) is 1.73. The van der Waals surface area contributed by atoms with Gasteiger partial charge in [-0.1, -0.05) is 18.2 Å². The van der Waals surface area contributed by atoms with Crippen molar-refractivity contribution in [3.05, 3.63) is 52.6 Å². The summed E-state index contributed by atoms with van der Waals surface area (Å²) in [5, 5.41) is 12.3. The zero-order chi connectivity index (χ0) is 13.1. The van der Waals surface area contributed by atoms with E-state index in [-0.39, 0.29) is 11.5 Å². The molecule has 0 aliphatic carbocycles. The Morgan fingerprint density at radius 2 is 2.21 bits per heavy atom. The topological polar surface area (TPSA) is 98.8 Å². The SMILES string of the molecule is O=c1cnnc(N/N=C/c2c[nH]c3ccccc23)[nH]1. The molecule has 3 N–H and O–H groups in total. The Kier molecular flexibility index (Phi) is 2.77. The van der Waals surface area contributed by atoms with Gasteiger partial charge in [0.25, 0.3) is 5.56 Å². The van der Waals surface area contributed by atoms with Gasteiger partial charge in [0.1, 0.15) is 6.20 Å². The standard InChI is InChI=1S/C12H10N6O/c19-11-7-15-18-12(16-11)17-14-6-8-5-13-10-4-2-1-3-9(8)10/h1-7,13H,(H2,16,17,18,19)/b14-6+. The van der Waals surface area contributed by atoms with Crippen LogP contribution in [0.4, 0.5) is 5.95 Å². The van der Waals surface area contributed by atoms with Gasteiger partial charge in [0.15, 0.2) is 0 Å². The second-order valence-corrected chi connectivity index (χ2v) is 3.84.